The Morgan fingerprint density at radius 2 is 1.80 bits per heavy atom. The molecule has 8 heteroatoms. The van der Waals surface area contributed by atoms with Crippen molar-refractivity contribution in [3.05, 3.63) is 17.9 Å². The van der Waals surface area contributed by atoms with Gasteiger partial charge >= 0.3 is 0 Å². The number of hydrogen-bond donors (Lipinski definition) is 1. The van der Waals surface area contributed by atoms with E-state index in [1.54, 1.807) is 0 Å². The third-order valence-corrected chi connectivity index (χ3v) is 4.49. The summed E-state index contributed by atoms with van der Waals surface area (Å²) in [7, 11) is -0.148. The number of methoxy groups -OCH3 is 2. The first-order chi connectivity index (χ1) is 9.23. The van der Waals surface area contributed by atoms with Gasteiger partial charge in [-0.3, -0.25) is 0 Å². The van der Waals surface area contributed by atoms with Gasteiger partial charge in [0.05, 0.1) is 20.3 Å². The molecule has 0 fully saturated rings. The Bertz CT molecular complexity index is 573. The van der Waals surface area contributed by atoms with E-state index in [1.165, 1.54) is 28.2 Å². The van der Waals surface area contributed by atoms with E-state index in [4.69, 9.17) is 9.47 Å². The van der Waals surface area contributed by atoms with Gasteiger partial charge in [-0.05, 0) is 6.92 Å². The van der Waals surface area contributed by atoms with Gasteiger partial charge in [0.15, 0.2) is 11.5 Å². The van der Waals surface area contributed by atoms with E-state index in [1.807, 2.05) is 0 Å². The second-order valence-electron chi connectivity index (χ2n) is 4.27. The molecule has 0 aliphatic rings. The number of hydrogen-bond acceptors (Lipinski definition) is 5. The molecule has 114 valence electrons. The number of rotatable bonds is 6. The number of aliphatic hydroxyl groups excluding tert-OH is 1. The lowest BCUT2D eigenvalue weighted by Gasteiger charge is -2.19. The second kappa shape index (κ2) is 6.38. The average Bonchev–Trinajstić information content (AvgIpc) is 2.37. The predicted octanol–water partition coefficient (Wildman–Crippen LogP) is 0.844. The van der Waals surface area contributed by atoms with Gasteiger partial charge in [0, 0.05) is 25.7 Å². The molecule has 1 aromatic carbocycles. The van der Waals surface area contributed by atoms with Crippen LogP contribution in [0.5, 0.6) is 11.5 Å². The van der Waals surface area contributed by atoms with Gasteiger partial charge in [-0.2, -0.15) is 4.31 Å². The van der Waals surface area contributed by atoms with Gasteiger partial charge in [0.25, 0.3) is 0 Å². The highest BCUT2D eigenvalue weighted by Crippen LogP contribution is 2.32. The molecule has 6 nitrogen and oxygen atoms in total. The SMILES string of the molecule is COc1cc(F)c(S(=O)(=O)N(C)CC(C)O)cc1OC. The highest BCUT2D eigenvalue weighted by atomic mass is 32.2. The smallest absolute Gasteiger partial charge is 0.245 e. The minimum Gasteiger partial charge on any atom is -0.493 e. The maximum absolute atomic E-state index is 13.9. The monoisotopic (exact) mass is 307 g/mol. The first kappa shape index (κ1) is 16.7. The quantitative estimate of drug-likeness (QED) is 0.843. The molecule has 0 aliphatic heterocycles. The van der Waals surface area contributed by atoms with Gasteiger partial charge in [-0.15, -0.1) is 0 Å². The van der Waals surface area contributed by atoms with Crippen molar-refractivity contribution in [3.8, 4) is 11.5 Å². The van der Waals surface area contributed by atoms with Crippen molar-refractivity contribution in [1.82, 2.24) is 4.31 Å². The number of nitrogens with zero attached hydrogens (tertiary/aromatic N) is 1. The first-order valence-corrected chi connectivity index (χ1v) is 7.24. The van der Waals surface area contributed by atoms with Gasteiger partial charge in [-0.1, -0.05) is 0 Å². The number of halogens is 1. The molecule has 1 rings (SSSR count). The van der Waals surface area contributed by atoms with E-state index >= 15 is 0 Å². The van der Waals surface area contributed by atoms with Crippen molar-refractivity contribution in [2.24, 2.45) is 0 Å². The standard InChI is InChI=1S/C12H18FNO5S/c1-8(15)7-14(2)20(16,17)12-6-11(19-4)10(18-3)5-9(12)13/h5-6,8,15H,7H2,1-4H3. The van der Waals surface area contributed by atoms with Crippen LogP contribution in [0.3, 0.4) is 0 Å². The van der Waals surface area contributed by atoms with E-state index < -0.39 is 26.8 Å². The van der Waals surface area contributed by atoms with Crippen LogP contribution in [-0.4, -0.2) is 51.7 Å². The lowest BCUT2D eigenvalue weighted by Crippen LogP contribution is -2.33. The molecule has 0 heterocycles. The molecule has 1 atom stereocenters. The van der Waals surface area contributed by atoms with Gasteiger partial charge < -0.3 is 14.6 Å². The Morgan fingerprint density at radius 1 is 1.30 bits per heavy atom. The molecule has 1 N–H and O–H groups in total. The van der Waals surface area contributed by atoms with E-state index in [2.05, 4.69) is 0 Å². The van der Waals surface area contributed by atoms with Crippen LogP contribution < -0.4 is 9.47 Å². The zero-order chi connectivity index (χ0) is 15.5. The first-order valence-electron chi connectivity index (χ1n) is 5.80. The third kappa shape index (κ3) is 3.38. The zero-order valence-corrected chi connectivity index (χ0v) is 12.6. The Labute approximate surface area is 117 Å². The molecule has 20 heavy (non-hydrogen) atoms. The number of sulfonamides is 1. The summed E-state index contributed by atoms with van der Waals surface area (Å²) in [6, 6.07) is 2.00. The number of benzene rings is 1. The molecule has 0 spiro atoms. The molecule has 0 bridgehead atoms. The molecule has 0 amide bonds. The molecule has 0 aliphatic carbocycles. The fraction of sp³-hybridized carbons (Fsp3) is 0.500. The Hall–Kier alpha value is -1.38. The van der Waals surface area contributed by atoms with Gasteiger partial charge in [-0.25, -0.2) is 12.8 Å². The van der Waals surface area contributed by atoms with Crippen LogP contribution in [0.2, 0.25) is 0 Å². The molecular weight excluding hydrogens is 289 g/mol. The minimum absolute atomic E-state index is 0.0992. The maximum atomic E-state index is 13.9. The summed E-state index contributed by atoms with van der Waals surface area (Å²) in [5, 5.41) is 9.24. The van der Waals surface area contributed by atoms with Gasteiger partial charge in [0.2, 0.25) is 10.0 Å². The number of ether oxygens (including phenoxy) is 2. The largest absolute Gasteiger partial charge is 0.493 e. The summed E-state index contributed by atoms with van der Waals surface area (Å²) >= 11 is 0. The number of aliphatic hydroxyl groups is 1. The van der Waals surface area contributed by atoms with Crippen LogP contribution in [0.1, 0.15) is 6.92 Å². The summed E-state index contributed by atoms with van der Waals surface area (Å²) in [4.78, 5) is -0.529. The Kier molecular flexibility index (Phi) is 5.32. The highest BCUT2D eigenvalue weighted by Gasteiger charge is 2.27. The van der Waals surface area contributed by atoms with Crippen LogP contribution in [0, 0.1) is 5.82 Å². The van der Waals surface area contributed by atoms with Crippen molar-refractivity contribution < 1.29 is 27.4 Å². The Balaban J connectivity index is 3.31. The molecule has 0 saturated heterocycles. The van der Waals surface area contributed by atoms with Crippen LogP contribution in [0.15, 0.2) is 17.0 Å². The molecule has 1 unspecified atom stereocenters. The third-order valence-electron chi connectivity index (χ3n) is 2.65. The molecule has 0 aromatic heterocycles. The fourth-order valence-electron chi connectivity index (χ4n) is 1.67. The van der Waals surface area contributed by atoms with Crippen LogP contribution in [0.4, 0.5) is 4.39 Å². The normalized spacial score (nSPS) is 13.3. The van der Waals surface area contributed by atoms with E-state index in [0.717, 1.165) is 16.4 Å². The van der Waals surface area contributed by atoms with Crippen molar-refractivity contribution in [3.63, 3.8) is 0 Å². The number of likely N-dealkylation sites (N-methyl/N-ethyl adjacent to an activating group) is 1. The van der Waals surface area contributed by atoms with Crippen LogP contribution in [0.25, 0.3) is 0 Å². The molecule has 0 radical (unpaired) electrons. The summed E-state index contributed by atoms with van der Waals surface area (Å²) in [5.41, 5.74) is 0. The topological polar surface area (TPSA) is 76.1 Å². The van der Waals surface area contributed by atoms with E-state index in [-0.39, 0.29) is 18.0 Å². The van der Waals surface area contributed by atoms with E-state index in [9.17, 15) is 17.9 Å². The fourth-order valence-corrected chi connectivity index (χ4v) is 2.98. The van der Waals surface area contributed by atoms with Crippen molar-refractivity contribution >= 4 is 10.0 Å². The summed E-state index contributed by atoms with van der Waals surface area (Å²) < 4.78 is 49.1. The van der Waals surface area contributed by atoms with E-state index in [0.29, 0.717) is 0 Å². The zero-order valence-electron chi connectivity index (χ0n) is 11.8. The second-order valence-corrected chi connectivity index (χ2v) is 6.29. The van der Waals surface area contributed by atoms with Crippen molar-refractivity contribution in [2.75, 3.05) is 27.8 Å². The van der Waals surface area contributed by atoms with Crippen LogP contribution in [-0.2, 0) is 10.0 Å². The van der Waals surface area contributed by atoms with Crippen molar-refractivity contribution in [1.29, 1.82) is 0 Å². The average molecular weight is 307 g/mol. The molecule has 1 aromatic rings. The van der Waals surface area contributed by atoms with Crippen LogP contribution >= 0.6 is 0 Å². The summed E-state index contributed by atoms with van der Waals surface area (Å²) in [5.74, 6) is -0.736. The Morgan fingerprint density at radius 3 is 2.25 bits per heavy atom. The maximum Gasteiger partial charge on any atom is 0.245 e. The summed E-state index contributed by atoms with van der Waals surface area (Å²) in [6.45, 7) is 1.30. The van der Waals surface area contributed by atoms with Gasteiger partial charge in [0.1, 0.15) is 10.7 Å². The highest BCUT2D eigenvalue weighted by molar-refractivity contribution is 7.89. The lowest BCUT2D eigenvalue weighted by atomic mass is 10.3. The summed E-state index contributed by atoms with van der Waals surface area (Å²) in [6.07, 6.45) is -0.863. The molecule has 0 saturated carbocycles. The minimum atomic E-state index is -4.06. The van der Waals surface area contributed by atoms with Crippen molar-refractivity contribution in [2.45, 2.75) is 17.9 Å². The predicted molar refractivity (Wildman–Crippen MR) is 71.0 cm³/mol. The molecular formula is C12H18FNO5S. The lowest BCUT2D eigenvalue weighted by molar-refractivity contribution is 0.171.